The number of fused-ring (bicyclic) bond motifs is 24. The number of rotatable bonds is 8. The molecule has 0 fully saturated rings. The Hall–Kier alpha value is -9.10. The van der Waals surface area contributed by atoms with Gasteiger partial charge in [0.1, 0.15) is 0 Å². The highest BCUT2D eigenvalue weighted by Gasteiger charge is 2.60. The van der Waals surface area contributed by atoms with Crippen LogP contribution < -0.4 is 9.80 Å². The SMILES string of the molecule is CC(C)c1ccc(N(c2ccc3c4c(c5ccccc5c3c2)-c2c(cc(N(c3ccc(C(C)C)cc3)c3cccc5c3sc3ccccc35)c3c2sc2ccccc23)C42c3ccccc3C(C)(C)C3C=CC=CC32)c2cccc3c2sc2ccccc23)cc1. The fraction of sp³-hybridized carbons (Fsp3) is 0.143. The van der Waals surface area contributed by atoms with E-state index in [4.69, 9.17) is 0 Å². The molecule has 3 atom stereocenters. The van der Waals surface area contributed by atoms with Gasteiger partial charge >= 0.3 is 0 Å². The second-order valence-electron chi connectivity index (χ2n) is 26.2. The molecule has 0 saturated carbocycles. The first kappa shape index (κ1) is 53.0. The van der Waals surface area contributed by atoms with Crippen LogP contribution in [-0.4, -0.2) is 0 Å². The predicted octanol–water partition coefficient (Wildman–Crippen LogP) is 25.2. The first-order valence-corrected chi connectivity index (χ1v) is 34.1. The summed E-state index contributed by atoms with van der Waals surface area (Å²) in [5.74, 6) is 1.06. The summed E-state index contributed by atoms with van der Waals surface area (Å²) >= 11 is 5.79. The van der Waals surface area contributed by atoms with Gasteiger partial charge in [-0.1, -0.05) is 224 Å². The number of benzene rings is 12. The number of hydrogen-bond acceptors (Lipinski definition) is 5. The van der Waals surface area contributed by atoms with Crippen LogP contribution in [0.25, 0.3) is 93.2 Å². The lowest BCUT2D eigenvalue weighted by molar-refractivity contribution is 0.220. The summed E-state index contributed by atoms with van der Waals surface area (Å²) in [6, 6.07) is 89.2. The molecule has 0 aliphatic heterocycles. The summed E-state index contributed by atoms with van der Waals surface area (Å²) in [6.07, 6.45) is 9.87. The quantitative estimate of drug-likeness (QED) is 0.140. The maximum Gasteiger partial charge on any atom is 0.0640 e. The van der Waals surface area contributed by atoms with E-state index < -0.39 is 5.41 Å². The molecular weight excluding hydrogens is 1130 g/mol. The zero-order chi connectivity index (χ0) is 59.6. The van der Waals surface area contributed by atoms with E-state index in [2.05, 4.69) is 306 Å². The number of anilines is 6. The monoisotopic (exact) mass is 1200 g/mol. The Balaban J connectivity index is 0.995. The van der Waals surface area contributed by atoms with E-state index in [0.29, 0.717) is 11.8 Å². The molecule has 15 aromatic rings. The summed E-state index contributed by atoms with van der Waals surface area (Å²) < 4.78 is 7.82. The number of allylic oxidation sites excluding steroid dienone is 4. The van der Waals surface area contributed by atoms with Crippen molar-refractivity contribution in [1.82, 2.24) is 0 Å². The van der Waals surface area contributed by atoms with Gasteiger partial charge in [0.05, 0.1) is 31.9 Å². The van der Waals surface area contributed by atoms with Crippen molar-refractivity contribution in [2.45, 2.75) is 64.2 Å². The number of nitrogens with zero attached hydrogens (tertiary/aromatic N) is 2. The van der Waals surface area contributed by atoms with E-state index in [9.17, 15) is 0 Å². The molecule has 3 aromatic heterocycles. The van der Waals surface area contributed by atoms with Gasteiger partial charge in [-0.15, -0.1) is 34.0 Å². The van der Waals surface area contributed by atoms with Crippen molar-refractivity contribution in [1.29, 1.82) is 0 Å². The highest BCUT2D eigenvalue weighted by atomic mass is 32.1. The summed E-state index contributed by atoms with van der Waals surface area (Å²) in [4.78, 5) is 5.21. The summed E-state index contributed by atoms with van der Waals surface area (Å²) in [5.41, 5.74) is 17.2. The molecule has 0 saturated heterocycles. The van der Waals surface area contributed by atoms with Crippen LogP contribution in [0.1, 0.15) is 86.8 Å². The molecule has 3 aliphatic carbocycles. The first-order chi connectivity index (χ1) is 43.6. The average molecular weight is 1200 g/mol. The number of hydrogen-bond donors (Lipinski definition) is 0. The molecule has 428 valence electrons. The van der Waals surface area contributed by atoms with Crippen LogP contribution in [0.5, 0.6) is 0 Å². The van der Waals surface area contributed by atoms with E-state index in [1.165, 1.54) is 144 Å². The third kappa shape index (κ3) is 7.47. The van der Waals surface area contributed by atoms with E-state index in [1.54, 1.807) is 0 Å². The molecule has 0 bridgehead atoms. The van der Waals surface area contributed by atoms with Gasteiger partial charge in [0.2, 0.25) is 0 Å². The standard InChI is InChI=1S/C84H64N2S3/c1-49(2)51-37-41-53(42-38-51)85(70-32-19-26-61-57-22-9-16-34-73(57)87-80(61)70)55-45-46-60-64(47-55)56-21-7-8-24-59(56)77-78-69(84(79(60)77)67-30-14-12-28-65(67)83(5,6)66-29-13-15-31-68(66)84)48-72(76-63-25-11-18-36-75(63)89-82(76)78)86(54-43-39-52(40-44-54)50(3)4)71-33-20-27-62-58-23-10-17-35-74(58)88-81(62)71/h7-50,65,67H,1-6H3. The minimum atomic E-state index is -0.641. The molecule has 3 heterocycles. The lowest BCUT2D eigenvalue weighted by Gasteiger charge is -2.55. The van der Waals surface area contributed by atoms with Crippen molar-refractivity contribution in [3.8, 4) is 11.1 Å². The van der Waals surface area contributed by atoms with Crippen LogP contribution in [0.2, 0.25) is 0 Å². The van der Waals surface area contributed by atoms with Gasteiger partial charge in [-0.3, -0.25) is 0 Å². The van der Waals surface area contributed by atoms with Gasteiger partial charge in [-0.2, -0.15) is 0 Å². The molecule has 0 amide bonds. The fourth-order valence-corrected chi connectivity index (χ4v) is 20.2. The van der Waals surface area contributed by atoms with Crippen LogP contribution in [0, 0.1) is 11.8 Å². The summed E-state index contributed by atoms with van der Waals surface area (Å²) in [7, 11) is 0. The third-order valence-electron chi connectivity index (χ3n) is 20.6. The average Bonchev–Trinajstić information content (AvgIpc) is 1.52. The van der Waals surface area contributed by atoms with E-state index in [-0.39, 0.29) is 17.3 Å². The van der Waals surface area contributed by atoms with Gasteiger partial charge in [0.15, 0.2) is 0 Å². The molecule has 0 radical (unpaired) electrons. The Kier molecular flexibility index (Phi) is 11.7. The van der Waals surface area contributed by atoms with Crippen LogP contribution >= 0.6 is 34.0 Å². The van der Waals surface area contributed by atoms with Gasteiger partial charge in [0, 0.05) is 79.7 Å². The van der Waals surface area contributed by atoms with Crippen LogP contribution in [0.4, 0.5) is 34.1 Å². The Labute approximate surface area is 531 Å². The maximum absolute atomic E-state index is 2.72. The highest BCUT2D eigenvalue weighted by molar-refractivity contribution is 7.27. The lowest BCUT2D eigenvalue weighted by atomic mass is 9.47. The van der Waals surface area contributed by atoms with Crippen molar-refractivity contribution in [2.75, 3.05) is 9.80 Å². The van der Waals surface area contributed by atoms with Crippen molar-refractivity contribution in [3.05, 3.63) is 288 Å². The molecule has 18 rings (SSSR count). The summed E-state index contributed by atoms with van der Waals surface area (Å²) in [5, 5.41) is 12.9. The Morgan fingerprint density at radius 2 is 0.831 bits per heavy atom. The minimum Gasteiger partial charge on any atom is -0.309 e. The molecule has 12 aromatic carbocycles. The molecule has 1 spiro atoms. The van der Waals surface area contributed by atoms with Crippen molar-refractivity contribution in [3.63, 3.8) is 0 Å². The van der Waals surface area contributed by atoms with Gasteiger partial charge < -0.3 is 9.80 Å². The highest BCUT2D eigenvalue weighted by Crippen LogP contribution is 2.70. The van der Waals surface area contributed by atoms with Crippen molar-refractivity contribution >= 4 is 150 Å². The predicted molar refractivity (Wildman–Crippen MR) is 388 cm³/mol. The normalized spacial score (nSPS) is 17.3. The molecule has 3 unspecified atom stereocenters. The summed E-state index contributed by atoms with van der Waals surface area (Å²) in [6.45, 7) is 14.2. The third-order valence-corrected chi connectivity index (χ3v) is 24.2. The molecule has 3 aliphatic rings. The Morgan fingerprint density at radius 3 is 1.45 bits per heavy atom. The van der Waals surface area contributed by atoms with Gasteiger partial charge in [-0.05, 0) is 156 Å². The second-order valence-corrected chi connectivity index (χ2v) is 29.4. The van der Waals surface area contributed by atoms with Gasteiger partial charge in [0.25, 0.3) is 0 Å². The van der Waals surface area contributed by atoms with Crippen LogP contribution in [0.3, 0.4) is 0 Å². The van der Waals surface area contributed by atoms with Crippen molar-refractivity contribution in [2.24, 2.45) is 11.8 Å². The minimum absolute atomic E-state index is 0.0625. The zero-order valence-corrected chi connectivity index (χ0v) is 53.1. The van der Waals surface area contributed by atoms with E-state index in [1.807, 2.05) is 34.0 Å². The van der Waals surface area contributed by atoms with E-state index >= 15 is 0 Å². The largest absolute Gasteiger partial charge is 0.309 e. The molecule has 5 heteroatoms. The van der Waals surface area contributed by atoms with Crippen molar-refractivity contribution < 1.29 is 0 Å². The smallest absolute Gasteiger partial charge is 0.0640 e. The first-order valence-electron chi connectivity index (χ1n) is 31.6. The van der Waals surface area contributed by atoms with Crippen LogP contribution in [0.15, 0.2) is 255 Å². The lowest BCUT2D eigenvalue weighted by Crippen LogP contribution is -2.51. The zero-order valence-electron chi connectivity index (χ0n) is 50.7. The molecule has 89 heavy (non-hydrogen) atoms. The number of thiophene rings is 3. The molecule has 2 nitrogen and oxygen atoms in total. The van der Waals surface area contributed by atoms with Gasteiger partial charge in [-0.25, -0.2) is 0 Å². The van der Waals surface area contributed by atoms with Crippen LogP contribution in [-0.2, 0) is 10.8 Å². The second kappa shape index (κ2) is 19.7. The topological polar surface area (TPSA) is 6.48 Å². The van der Waals surface area contributed by atoms with E-state index in [0.717, 1.165) is 17.1 Å². The molecular formula is C84H64N2S3. The Bertz CT molecular complexity index is 5510. The molecule has 0 N–H and O–H groups in total. The fourth-order valence-electron chi connectivity index (χ4n) is 16.5. The maximum atomic E-state index is 2.72. The Morgan fingerprint density at radius 1 is 0.348 bits per heavy atom.